The summed E-state index contributed by atoms with van der Waals surface area (Å²) in [5.74, 6) is -2.84. The molecule has 0 unspecified atom stereocenters. The first-order chi connectivity index (χ1) is 8.09. The minimum Gasteiger partial charge on any atom is -0.394 e. The Morgan fingerprint density at radius 1 is 1.22 bits per heavy atom. The summed E-state index contributed by atoms with van der Waals surface area (Å²) in [7, 11) is -4.42. The minimum absolute atomic E-state index is 0.570. The molecular formula is C8H18N3O6P. The molecule has 0 spiro atoms. The Hall–Kier alpha value is -0.990. The van der Waals surface area contributed by atoms with Crippen LogP contribution in [0.4, 0.5) is 0 Å². The van der Waals surface area contributed by atoms with Gasteiger partial charge in [0.15, 0.2) is 0 Å². The summed E-state index contributed by atoms with van der Waals surface area (Å²) in [4.78, 5) is 40.3. The molecule has 0 aliphatic carbocycles. The Balaban J connectivity index is 4.36. The zero-order valence-corrected chi connectivity index (χ0v) is 10.9. The number of carbonyl (C=O) groups is 2. The van der Waals surface area contributed by atoms with Crippen LogP contribution in [0.1, 0.15) is 13.8 Å². The van der Waals surface area contributed by atoms with Crippen molar-refractivity contribution in [2.24, 2.45) is 5.73 Å². The highest BCUT2D eigenvalue weighted by molar-refractivity contribution is 7.52. The summed E-state index contributed by atoms with van der Waals surface area (Å²) in [5, 5.41) is 12.9. The van der Waals surface area contributed by atoms with Gasteiger partial charge < -0.3 is 31.3 Å². The van der Waals surface area contributed by atoms with E-state index in [1.807, 2.05) is 0 Å². The van der Waals surface area contributed by atoms with E-state index in [0.717, 1.165) is 6.92 Å². The standard InChI is InChI=1S/C8H18N3O6P/c1-4(10-8(14)6(9)3-12)7(13)11-5(2)18(15,16)17/h4-6,12H,3,9H2,1-2H3,(H,10,14)(H,11,13)(H2,15,16,17)/t4-,5+,6-/m0/s1. The highest BCUT2D eigenvalue weighted by Gasteiger charge is 2.28. The van der Waals surface area contributed by atoms with E-state index in [9.17, 15) is 14.2 Å². The molecule has 2 amide bonds. The van der Waals surface area contributed by atoms with Crippen molar-refractivity contribution in [2.75, 3.05) is 6.61 Å². The summed E-state index contributed by atoms with van der Waals surface area (Å²) in [5.41, 5.74) is 5.22. The number of hydrogen-bond donors (Lipinski definition) is 6. The van der Waals surface area contributed by atoms with Gasteiger partial charge in [-0.1, -0.05) is 0 Å². The van der Waals surface area contributed by atoms with Gasteiger partial charge in [-0.2, -0.15) is 0 Å². The molecule has 10 heteroatoms. The van der Waals surface area contributed by atoms with E-state index in [1.54, 1.807) is 0 Å². The third-order valence-electron chi connectivity index (χ3n) is 2.14. The van der Waals surface area contributed by atoms with Crippen LogP contribution < -0.4 is 16.4 Å². The largest absolute Gasteiger partial charge is 0.394 e. The maximum absolute atomic E-state index is 11.5. The first-order valence-electron chi connectivity index (χ1n) is 5.12. The predicted molar refractivity (Wildman–Crippen MR) is 62.3 cm³/mol. The predicted octanol–water partition coefficient (Wildman–Crippen LogP) is -2.55. The van der Waals surface area contributed by atoms with Gasteiger partial charge in [0.25, 0.3) is 0 Å². The van der Waals surface area contributed by atoms with Gasteiger partial charge in [-0.15, -0.1) is 0 Å². The first-order valence-corrected chi connectivity index (χ1v) is 6.80. The van der Waals surface area contributed by atoms with Crippen molar-refractivity contribution in [1.29, 1.82) is 0 Å². The second-order valence-electron chi connectivity index (χ2n) is 3.79. The summed E-state index contributed by atoms with van der Waals surface area (Å²) in [6, 6.07) is -2.18. The van der Waals surface area contributed by atoms with Gasteiger partial charge in [-0.05, 0) is 13.8 Å². The summed E-state index contributed by atoms with van der Waals surface area (Å²) < 4.78 is 10.8. The van der Waals surface area contributed by atoms with Gasteiger partial charge in [0, 0.05) is 0 Å². The second-order valence-corrected chi connectivity index (χ2v) is 5.75. The van der Waals surface area contributed by atoms with Crippen molar-refractivity contribution < 1.29 is 29.0 Å². The van der Waals surface area contributed by atoms with Crippen LogP contribution in [0.15, 0.2) is 0 Å². The molecule has 0 aromatic heterocycles. The number of amides is 2. The smallest absolute Gasteiger partial charge is 0.347 e. The van der Waals surface area contributed by atoms with Gasteiger partial charge in [0.1, 0.15) is 17.9 Å². The maximum Gasteiger partial charge on any atom is 0.347 e. The van der Waals surface area contributed by atoms with E-state index in [2.05, 4.69) is 10.6 Å². The maximum atomic E-state index is 11.5. The van der Waals surface area contributed by atoms with Gasteiger partial charge in [-0.25, -0.2) is 0 Å². The fourth-order valence-electron chi connectivity index (χ4n) is 0.884. The van der Waals surface area contributed by atoms with Crippen LogP contribution in [0, 0.1) is 0 Å². The fourth-order valence-corrected chi connectivity index (χ4v) is 1.18. The van der Waals surface area contributed by atoms with Gasteiger partial charge in [0.2, 0.25) is 11.8 Å². The Morgan fingerprint density at radius 2 is 1.72 bits per heavy atom. The molecule has 0 fully saturated rings. The summed E-state index contributed by atoms with van der Waals surface area (Å²) in [6.45, 7) is 1.90. The van der Waals surface area contributed by atoms with Crippen LogP contribution in [0.2, 0.25) is 0 Å². The minimum atomic E-state index is -4.42. The molecule has 0 saturated carbocycles. The van der Waals surface area contributed by atoms with Crippen molar-refractivity contribution in [3.8, 4) is 0 Å². The number of nitrogens with one attached hydrogen (secondary N) is 2. The monoisotopic (exact) mass is 283 g/mol. The van der Waals surface area contributed by atoms with E-state index in [1.165, 1.54) is 6.92 Å². The fraction of sp³-hybridized carbons (Fsp3) is 0.750. The molecule has 7 N–H and O–H groups in total. The first kappa shape index (κ1) is 17.0. The number of carbonyl (C=O) groups excluding carboxylic acids is 2. The van der Waals surface area contributed by atoms with Crippen molar-refractivity contribution >= 4 is 19.4 Å². The van der Waals surface area contributed by atoms with Crippen LogP contribution in [0.5, 0.6) is 0 Å². The van der Waals surface area contributed by atoms with Gasteiger partial charge in [-0.3, -0.25) is 14.2 Å². The molecule has 0 bridgehead atoms. The third-order valence-corrected chi connectivity index (χ3v) is 3.28. The van der Waals surface area contributed by atoms with Crippen molar-refractivity contribution in [1.82, 2.24) is 10.6 Å². The lowest BCUT2D eigenvalue weighted by Gasteiger charge is -2.20. The normalized spacial score (nSPS) is 16.6. The third kappa shape index (κ3) is 5.56. The Labute approximate surface area is 104 Å². The summed E-state index contributed by atoms with van der Waals surface area (Å²) >= 11 is 0. The quantitative estimate of drug-likeness (QED) is 0.292. The van der Waals surface area contributed by atoms with Crippen LogP contribution in [-0.4, -0.2) is 51.2 Å². The lowest BCUT2D eigenvalue weighted by atomic mass is 10.2. The topological polar surface area (TPSA) is 162 Å². The second kappa shape index (κ2) is 6.81. The molecule has 9 nitrogen and oxygen atoms in total. The van der Waals surface area contributed by atoms with E-state index < -0.39 is 43.9 Å². The van der Waals surface area contributed by atoms with E-state index >= 15 is 0 Å². The number of hydrogen-bond acceptors (Lipinski definition) is 5. The molecule has 18 heavy (non-hydrogen) atoms. The van der Waals surface area contributed by atoms with E-state index in [0.29, 0.717) is 0 Å². The molecule has 106 valence electrons. The van der Waals surface area contributed by atoms with Gasteiger partial charge in [0.05, 0.1) is 6.61 Å². The molecule has 3 atom stereocenters. The SMILES string of the molecule is C[C@H](NC(=O)[C@@H](N)CO)C(=O)N[C@@H](C)P(=O)(O)O. The average Bonchev–Trinajstić information content (AvgIpc) is 2.26. The Kier molecular flexibility index (Phi) is 6.44. The molecular weight excluding hydrogens is 265 g/mol. The van der Waals surface area contributed by atoms with E-state index in [-0.39, 0.29) is 0 Å². The zero-order valence-electron chi connectivity index (χ0n) is 10.0. The van der Waals surface area contributed by atoms with Crippen LogP contribution in [0.25, 0.3) is 0 Å². The number of nitrogens with two attached hydrogens (primary N) is 1. The van der Waals surface area contributed by atoms with Crippen LogP contribution in [-0.2, 0) is 14.2 Å². The molecule has 0 aromatic carbocycles. The highest BCUT2D eigenvalue weighted by atomic mass is 31.2. The number of aliphatic hydroxyl groups is 1. The molecule has 0 aliphatic rings. The summed E-state index contributed by atoms with van der Waals surface area (Å²) in [6.07, 6.45) is 0. The number of rotatable bonds is 6. The van der Waals surface area contributed by atoms with Crippen LogP contribution >= 0.6 is 7.60 Å². The molecule has 0 radical (unpaired) electrons. The van der Waals surface area contributed by atoms with Crippen molar-refractivity contribution in [3.05, 3.63) is 0 Å². The Bertz CT molecular complexity index is 357. The number of aliphatic hydroxyl groups excluding tert-OH is 1. The molecule has 0 heterocycles. The van der Waals surface area contributed by atoms with Crippen molar-refractivity contribution in [3.63, 3.8) is 0 Å². The van der Waals surface area contributed by atoms with E-state index in [4.69, 9.17) is 20.6 Å². The Morgan fingerprint density at radius 3 is 2.11 bits per heavy atom. The lowest BCUT2D eigenvalue weighted by Crippen LogP contribution is -2.52. The van der Waals surface area contributed by atoms with Gasteiger partial charge >= 0.3 is 7.60 Å². The lowest BCUT2D eigenvalue weighted by molar-refractivity contribution is -0.129. The highest BCUT2D eigenvalue weighted by Crippen LogP contribution is 2.38. The molecule has 0 saturated heterocycles. The van der Waals surface area contributed by atoms with Crippen LogP contribution in [0.3, 0.4) is 0 Å². The van der Waals surface area contributed by atoms with Crippen molar-refractivity contribution in [2.45, 2.75) is 31.7 Å². The molecule has 0 aromatic rings. The molecule has 0 aliphatic heterocycles. The molecule has 0 rings (SSSR count). The average molecular weight is 283 g/mol. The zero-order chi connectivity index (χ0) is 14.5.